The molecule has 5 aliphatic rings. The van der Waals surface area contributed by atoms with Crippen LogP contribution in [-0.4, -0.2) is 29.0 Å². The number of hydrogen-bond donors (Lipinski definition) is 1. The van der Waals surface area contributed by atoms with Crippen LogP contribution in [0.3, 0.4) is 0 Å². The summed E-state index contributed by atoms with van der Waals surface area (Å²) < 4.78 is 0. The van der Waals surface area contributed by atoms with Crippen molar-refractivity contribution in [1.29, 1.82) is 0 Å². The fourth-order valence-corrected chi connectivity index (χ4v) is 8.83. The quantitative estimate of drug-likeness (QED) is 0.652. The van der Waals surface area contributed by atoms with Crippen molar-refractivity contribution in [2.24, 2.45) is 28.6 Å². The molecule has 1 heterocycles. The van der Waals surface area contributed by atoms with Crippen molar-refractivity contribution in [1.82, 2.24) is 4.90 Å². The third kappa shape index (κ3) is 3.46. The van der Waals surface area contributed by atoms with Gasteiger partial charge in [-0.05, 0) is 85.7 Å². The number of hydrogen-bond acceptors (Lipinski definition) is 2. The van der Waals surface area contributed by atoms with Crippen LogP contribution in [0.2, 0.25) is 0 Å². The molecule has 7 rings (SSSR count). The van der Waals surface area contributed by atoms with Gasteiger partial charge in [0.25, 0.3) is 0 Å². The number of carbonyl (C=O) groups excluding carboxylic acids is 1. The number of carbonyl (C=O) groups is 1. The fraction of sp³-hybridized carbons (Fsp3) is 0.567. The molecule has 33 heavy (non-hydrogen) atoms. The zero-order valence-corrected chi connectivity index (χ0v) is 19.9. The lowest BCUT2D eigenvalue weighted by molar-refractivity contribution is -0.168. The van der Waals surface area contributed by atoms with Gasteiger partial charge < -0.3 is 10.0 Å². The molecule has 4 saturated carbocycles. The maximum atomic E-state index is 14.0. The molecular formula is C30H37NO2. The fourth-order valence-electron chi connectivity index (χ4n) is 8.83. The Morgan fingerprint density at radius 2 is 1.39 bits per heavy atom. The Morgan fingerprint density at radius 3 is 1.88 bits per heavy atom. The van der Waals surface area contributed by atoms with Crippen molar-refractivity contribution in [2.75, 3.05) is 13.1 Å². The summed E-state index contributed by atoms with van der Waals surface area (Å²) >= 11 is 0. The van der Waals surface area contributed by atoms with Gasteiger partial charge >= 0.3 is 0 Å². The zero-order valence-electron chi connectivity index (χ0n) is 19.9. The van der Waals surface area contributed by atoms with Crippen LogP contribution in [-0.2, 0) is 10.4 Å². The van der Waals surface area contributed by atoms with Crippen LogP contribution in [0.25, 0.3) is 0 Å². The number of benzene rings is 2. The summed E-state index contributed by atoms with van der Waals surface area (Å²) in [6.07, 6.45) is 9.05. The number of aliphatic hydroxyl groups is 1. The Balaban J connectivity index is 1.23. The van der Waals surface area contributed by atoms with Crippen LogP contribution in [0, 0.1) is 28.6 Å². The Kier molecular flexibility index (Phi) is 4.99. The molecule has 0 radical (unpaired) electrons. The van der Waals surface area contributed by atoms with Crippen molar-refractivity contribution < 1.29 is 9.90 Å². The van der Waals surface area contributed by atoms with E-state index in [0.717, 1.165) is 68.2 Å². The Morgan fingerprint density at radius 1 is 0.879 bits per heavy atom. The SMILES string of the molecule is CC12C[C@@H]3C[C@@H](C1)CC(C(=O)N1CCC(C(O)(c4ccccc4)c4ccccc4)CC1)(C3)C2. The molecule has 2 aromatic carbocycles. The van der Waals surface area contributed by atoms with E-state index in [-0.39, 0.29) is 11.3 Å². The van der Waals surface area contributed by atoms with E-state index in [0.29, 0.717) is 11.3 Å². The minimum atomic E-state index is -1.02. The van der Waals surface area contributed by atoms with E-state index in [1.165, 1.54) is 19.3 Å². The summed E-state index contributed by atoms with van der Waals surface area (Å²) in [7, 11) is 0. The van der Waals surface area contributed by atoms with Gasteiger partial charge in [0.2, 0.25) is 5.91 Å². The average molecular weight is 444 g/mol. The van der Waals surface area contributed by atoms with Crippen molar-refractivity contribution in [3.05, 3.63) is 71.8 Å². The lowest BCUT2D eigenvalue weighted by Crippen LogP contribution is -2.58. The Hall–Kier alpha value is -2.13. The van der Waals surface area contributed by atoms with Crippen LogP contribution in [0.5, 0.6) is 0 Å². The second kappa shape index (κ2) is 7.70. The van der Waals surface area contributed by atoms with E-state index in [1.807, 2.05) is 60.7 Å². The first-order valence-electron chi connectivity index (χ1n) is 13.0. The molecule has 0 aromatic heterocycles. The molecule has 0 spiro atoms. The van der Waals surface area contributed by atoms with Gasteiger partial charge in [-0.2, -0.15) is 0 Å². The number of nitrogens with zero attached hydrogens (tertiary/aromatic N) is 1. The summed E-state index contributed by atoms with van der Waals surface area (Å²) in [5.74, 6) is 2.06. The molecule has 174 valence electrons. The molecule has 1 aliphatic heterocycles. The van der Waals surface area contributed by atoms with Crippen LogP contribution >= 0.6 is 0 Å². The van der Waals surface area contributed by atoms with Crippen molar-refractivity contribution >= 4 is 5.91 Å². The van der Waals surface area contributed by atoms with E-state index >= 15 is 0 Å². The largest absolute Gasteiger partial charge is 0.380 e. The normalized spacial score (nSPS) is 33.9. The highest BCUT2D eigenvalue weighted by Crippen LogP contribution is 2.65. The van der Waals surface area contributed by atoms with Crippen LogP contribution in [0.4, 0.5) is 0 Å². The molecular weight excluding hydrogens is 406 g/mol. The molecule has 3 heteroatoms. The first-order valence-corrected chi connectivity index (χ1v) is 13.0. The van der Waals surface area contributed by atoms with Gasteiger partial charge in [0, 0.05) is 13.1 Å². The third-order valence-corrected chi connectivity index (χ3v) is 9.61. The molecule has 2 aromatic rings. The molecule has 3 nitrogen and oxygen atoms in total. The van der Waals surface area contributed by atoms with E-state index in [9.17, 15) is 9.90 Å². The van der Waals surface area contributed by atoms with E-state index in [4.69, 9.17) is 0 Å². The second-order valence-corrected chi connectivity index (χ2v) is 12.1. The van der Waals surface area contributed by atoms with Crippen molar-refractivity contribution in [2.45, 2.75) is 63.9 Å². The molecule has 5 fully saturated rings. The molecule has 4 bridgehead atoms. The zero-order chi connectivity index (χ0) is 22.7. The number of piperidine rings is 1. The lowest BCUT2D eigenvalue weighted by atomic mass is 9.44. The van der Waals surface area contributed by atoms with Gasteiger partial charge in [0.05, 0.1) is 5.41 Å². The molecule has 1 amide bonds. The predicted octanol–water partition coefficient (Wildman–Crippen LogP) is 5.77. The molecule has 2 atom stereocenters. The maximum absolute atomic E-state index is 14.0. The smallest absolute Gasteiger partial charge is 0.228 e. The molecule has 0 unspecified atom stereocenters. The van der Waals surface area contributed by atoms with Gasteiger partial charge in [-0.25, -0.2) is 0 Å². The van der Waals surface area contributed by atoms with Crippen molar-refractivity contribution in [3.8, 4) is 0 Å². The van der Waals surface area contributed by atoms with Gasteiger partial charge in [0.15, 0.2) is 0 Å². The second-order valence-electron chi connectivity index (χ2n) is 12.1. The Bertz CT molecular complexity index is 955. The number of likely N-dealkylation sites (tertiary alicyclic amines) is 1. The average Bonchev–Trinajstić information content (AvgIpc) is 2.83. The predicted molar refractivity (Wildman–Crippen MR) is 130 cm³/mol. The van der Waals surface area contributed by atoms with Gasteiger partial charge in [-0.1, -0.05) is 67.6 Å². The highest BCUT2D eigenvalue weighted by molar-refractivity contribution is 5.83. The summed E-state index contributed by atoms with van der Waals surface area (Å²) in [4.78, 5) is 16.1. The van der Waals surface area contributed by atoms with Gasteiger partial charge in [-0.3, -0.25) is 4.79 Å². The molecule has 1 saturated heterocycles. The third-order valence-electron chi connectivity index (χ3n) is 9.61. The first-order chi connectivity index (χ1) is 15.9. The maximum Gasteiger partial charge on any atom is 0.228 e. The summed E-state index contributed by atoms with van der Waals surface area (Å²) in [6.45, 7) is 3.97. The van der Waals surface area contributed by atoms with Crippen LogP contribution in [0.15, 0.2) is 60.7 Å². The van der Waals surface area contributed by atoms with Crippen LogP contribution < -0.4 is 0 Å². The lowest BCUT2D eigenvalue weighted by Gasteiger charge is -2.61. The minimum Gasteiger partial charge on any atom is -0.380 e. The standard InChI is InChI=1S/C30H37NO2/c1-28-17-22-16-23(18-28)20-29(19-22,21-28)27(32)31-14-12-26(13-15-31)30(33,24-8-4-2-5-9-24)25-10-6-3-7-11-25/h2-11,22-23,26,33H,12-21H2,1H3/t22-,23-,28?,29?/m0/s1. The van der Waals surface area contributed by atoms with E-state index in [1.54, 1.807) is 0 Å². The van der Waals surface area contributed by atoms with Crippen LogP contribution in [0.1, 0.15) is 69.4 Å². The number of amides is 1. The van der Waals surface area contributed by atoms with Gasteiger partial charge in [0.1, 0.15) is 5.60 Å². The Labute approximate surface area is 198 Å². The van der Waals surface area contributed by atoms with Gasteiger partial charge in [-0.15, -0.1) is 0 Å². The highest BCUT2D eigenvalue weighted by atomic mass is 16.3. The molecule has 4 aliphatic carbocycles. The first kappa shape index (κ1) is 21.4. The summed E-state index contributed by atoms with van der Waals surface area (Å²) in [5.41, 5.74) is 1.18. The summed E-state index contributed by atoms with van der Waals surface area (Å²) in [5, 5.41) is 12.2. The molecule has 1 N–H and O–H groups in total. The topological polar surface area (TPSA) is 40.5 Å². The van der Waals surface area contributed by atoms with E-state index in [2.05, 4.69) is 11.8 Å². The number of rotatable bonds is 4. The monoisotopic (exact) mass is 443 g/mol. The van der Waals surface area contributed by atoms with E-state index < -0.39 is 5.60 Å². The summed E-state index contributed by atoms with van der Waals surface area (Å²) in [6, 6.07) is 20.2. The highest BCUT2D eigenvalue weighted by Gasteiger charge is 2.59. The minimum absolute atomic E-state index is 0.0964. The van der Waals surface area contributed by atoms with Crippen molar-refractivity contribution in [3.63, 3.8) is 0 Å².